The van der Waals surface area contributed by atoms with Crippen molar-refractivity contribution >= 4 is 21.6 Å². The summed E-state index contributed by atoms with van der Waals surface area (Å²) in [5.74, 6) is 0.995. The fourth-order valence-electron chi connectivity index (χ4n) is 2.04. The summed E-state index contributed by atoms with van der Waals surface area (Å²) in [6.07, 6.45) is 2.18. The summed E-state index contributed by atoms with van der Waals surface area (Å²) >= 11 is 1.52. The SMILES string of the molecule is Fc1ccc2sc(Cc3nc(-c4ccn[nH]4)n[nH]3)nc2c1. The Bertz CT molecular complexity index is 895. The van der Waals surface area contributed by atoms with Gasteiger partial charge in [-0.15, -0.1) is 11.3 Å². The normalized spacial score (nSPS) is 11.3. The van der Waals surface area contributed by atoms with E-state index >= 15 is 0 Å². The van der Waals surface area contributed by atoms with E-state index in [-0.39, 0.29) is 5.82 Å². The summed E-state index contributed by atoms with van der Waals surface area (Å²) in [6.45, 7) is 0. The quantitative estimate of drug-likeness (QED) is 0.609. The highest BCUT2D eigenvalue weighted by Crippen LogP contribution is 2.24. The van der Waals surface area contributed by atoms with Crippen molar-refractivity contribution in [2.75, 3.05) is 0 Å². The van der Waals surface area contributed by atoms with E-state index in [4.69, 9.17) is 0 Å². The fourth-order valence-corrected chi connectivity index (χ4v) is 2.99. The molecule has 0 saturated carbocycles. The van der Waals surface area contributed by atoms with Crippen LogP contribution in [0.4, 0.5) is 4.39 Å². The van der Waals surface area contributed by atoms with E-state index in [1.165, 1.54) is 23.5 Å². The van der Waals surface area contributed by atoms with Gasteiger partial charge in [0.1, 0.15) is 22.3 Å². The van der Waals surface area contributed by atoms with E-state index in [1.807, 2.05) is 0 Å². The molecule has 0 saturated heterocycles. The Kier molecular flexibility index (Phi) is 2.74. The Labute approximate surface area is 122 Å². The van der Waals surface area contributed by atoms with E-state index in [1.54, 1.807) is 18.3 Å². The summed E-state index contributed by atoms with van der Waals surface area (Å²) < 4.78 is 14.1. The number of fused-ring (bicyclic) bond motifs is 1. The molecule has 0 radical (unpaired) electrons. The number of halogens is 1. The second kappa shape index (κ2) is 4.74. The van der Waals surface area contributed by atoms with E-state index < -0.39 is 0 Å². The monoisotopic (exact) mass is 300 g/mol. The second-order valence-corrected chi connectivity index (χ2v) is 5.59. The Morgan fingerprint density at radius 3 is 2.95 bits per heavy atom. The van der Waals surface area contributed by atoms with Crippen LogP contribution in [0.25, 0.3) is 21.7 Å². The van der Waals surface area contributed by atoms with Gasteiger partial charge in [-0.25, -0.2) is 14.4 Å². The van der Waals surface area contributed by atoms with Gasteiger partial charge in [0.25, 0.3) is 0 Å². The van der Waals surface area contributed by atoms with E-state index in [9.17, 15) is 4.39 Å². The van der Waals surface area contributed by atoms with Crippen LogP contribution in [-0.4, -0.2) is 30.4 Å². The molecule has 4 aromatic rings. The van der Waals surface area contributed by atoms with Gasteiger partial charge in [-0.3, -0.25) is 10.2 Å². The molecular weight excluding hydrogens is 291 g/mol. The Morgan fingerprint density at radius 2 is 2.10 bits per heavy atom. The van der Waals surface area contributed by atoms with E-state index in [0.29, 0.717) is 23.6 Å². The number of aromatic nitrogens is 6. The Balaban J connectivity index is 1.62. The molecule has 0 spiro atoms. The van der Waals surface area contributed by atoms with Crippen molar-refractivity contribution in [2.24, 2.45) is 0 Å². The van der Waals surface area contributed by atoms with Crippen LogP contribution in [-0.2, 0) is 6.42 Å². The first-order valence-electron chi connectivity index (χ1n) is 6.24. The van der Waals surface area contributed by atoms with Gasteiger partial charge in [0.15, 0.2) is 5.82 Å². The molecule has 104 valence electrons. The number of nitrogens with one attached hydrogen (secondary N) is 2. The van der Waals surface area contributed by atoms with E-state index in [0.717, 1.165) is 15.4 Å². The molecular formula is C13H9FN6S. The van der Waals surface area contributed by atoms with Crippen molar-refractivity contribution in [3.63, 3.8) is 0 Å². The highest BCUT2D eigenvalue weighted by molar-refractivity contribution is 7.18. The maximum absolute atomic E-state index is 13.2. The number of thiazole rings is 1. The lowest BCUT2D eigenvalue weighted by atomic mass is 10.3. The third-order valence-corrected chi connectivity index (χ3v) is 4.02. The summed E-state index contributed by atoms with van der Waals surface area (Å²) in [5, 5.41) is 14.6. The third-order valence-electron chi connectivity index (χ3n) is 2.99. The number of hydrogen-bond acceptors (Lipinski definition) is 5. The molecule has 0 aliphatic rings. The predicted molar refractivity (Wildman–Crippen MR) is 76.3 cm³/mol. The van der Waals surface area contributed by atoms with Gasteiger partial charge in [0, 0.05) is 12.3 Å². The molecule has 2 N–H and O–H groups in total. The average Bonchev–Trinajstić information content (AvgIpc) is 3.16. The first-order valence-corrected chi connectivity index (χ1v) is 7.05. The molecule has 0 unspecified atom stereocenters. The van der Waals surface area contributed by atoms with Gasteiger partial charge in [0.05, 0.1) is 16.6 Å². The second-order valence-electron chi connectivity index (χ2n) is 4.47. The van der Waals surface area contributed by atoms with Crippen LogP contribution in [0, 0.1) is 5.82 Å². The van der Waals surface area contributed by atoms with Crippen molar-refractivity contribution in [3.05, 3.63) is 47.1 Å². The average molecular weight is 300 g/mol. The summed E-state index contributed by atoms with van der Waals surface area (Å²) in [6, 6.07) is 6.41. The van der Waals surface area contributed by atoms with Gasteiger partial charge in [0.2, 0.25) is 0 Å². The lowest BCUT2D eigenvalue weighted by molar-refractivity contribution is 0.629. The highest BCUT2D eigenvalue weighted by atomic mass is 32.1. The molecule has 3 heterocycles. The van der Waals surface area contributed by atoms with Crippen molar-refractivity contribution in [2.45, 2.75) is 6.42 Å². The van der Waals surface area contributed by atoms with Crippen LogP contribution >= 0.6 is 11.3 Å². The minimum atomic E-state index is -0.277. The molecule has 0 amide bonds. The number of aromatic amines is 2. The lowest BCUT2D eigenvalue weighted by Crippen LogP contribution is -1.89. The molecule has 0 aliphatic carbocycles. The van der Waals surface area contributed by atoms with Crippen molar-refractivity contribution in [3.8, 4) is 11.5 Å². The maximum atomic E-state index is 13.2. The summed E-state index contributed by atoms with van der Waals surface area (Å²) in [4.78, 5) is 8.80. The van der Waals surface area contributed by atoms with Gasteiger partial charge in [-0.05, 0) is 18.2 Å². The van der Waals surface area contributed by atoms with Crippen LogP contribution in [0.1, 0.15) is 10.8 Å². The zero-order valence-corrected chi connectivity index (χ0v) is 11.5. The van der Waals surface area contributed by atoms with Crippen LogP contribution in [0.2, 0.25) is 0 Å². The zero-order valence-electron chi connectivity index (χ0n) is 10.7. The highest BCUT2D eigenvalue weighted by Gasteiger charge is 2.10. The minimum Gasteiger partial charge on any atom is -0.275 e. The van der Waals surface area contributed by atoms with E-state index in [2.05, 4.69) is 30.4 Å². The van der Waals surface area contributed by atoms with Gasteiger partial charge < -0.3 is 0 Å². The molecule has 6 nitrogen and oxygen atoms in total. The molecule has 8 heteroatoms. The summed E-state index contributed by atoms with van der Waals surface area (Å²) in [5.41, 5.74) is 1.42. The Hall–Kier alpha value is -2.61. The minimum absolute atomic E-state index is 0.277. The predicted octanol–water partition coefficient (Wildman–Crippen LogP) is 2.53. The topological polar surface area (TPSA) is 83.1 Å². The van der Waals surface area contributed by atoms with Crippen LogP contribution < -0.4 is 0 Å². The molecule has 3 aromatic heterocycles. The van der Waals surface area contributed by atoms with Crippen LogP contribution in [0.3, 0.4) is 0 Å². The Morgan fingerprint density at radius 1 is 1.14 bits per heavy atom. The first kappa shape index (κ1) is 12.2. The van der Waals surface area contributed by atoms with Crippen molar-refractivity contribution in [1.82, 2.24) is 30.4 Å². The van der Waals surface area contributed by atoms with Gasteiger partial charge >= 0.3 is 0 Å². The summed E-state index contributed by atoms with van der Waals surface area (Å²) in [7, 11) is 0. The lowest BCUT2D eigenvalue weighted by Gasteiger charge is -1.89. The standard InChI is InChI=1S/C13H9FN6S/c14-7-1-2-10-9(5-7)16-12(21-10)6-11-17-13(20-19-11)8-3-4-15-18-8/h1-5H,6H2,(H,15,18)(H,17,19,20). The third kappa shape index (κ3) is 2.29. The molecule has 0 atom stereocenters. The number of hydrogen-bond donors (Lipinski definition) is 2. The van der Waals surface area contributed by atoms with Crippen molar-refractivity contribution in [1.29, 1.82) is 0 Å². The molecule has 4 rings (SSSR count). The largest absolute Gasteiger partial charge is 0.275 e. The zero-order chi connectivity index (χ0) is 14.2. The maximum Gasteiger partial charge on any atom is 0.199 e. The first-order chi connectivity index (χ1) is 10.3. The number of H-pyrrole nitrogens is 2. The number of benzene rings is 1. The molecule has 21 heavy (non-hydrogen) atoms. The smallest absolute Gasteiger partial charge is 0.199 e. The molecule has 0 fully saturated rings. The molecule has 0 bridgehead atoms. The number of rotatable bonds is 3. The van der Waals surface area contributed by atoms with Crippen molar-refractivity contribution < 1.29 is 4.39 Å². The molecule has 1 aromatic carbocycles. The fraction of sp³-hybridized carbons (Fsp3) is 0.0769. The van der Waals surface area contributed by atoms with Gasteiger partial charge in [-0.2, -0.15) is 10.2 Å². The van der Waals surface area contributed by atoms with Gasteiger partial charge in [-0.1, -0.05) is 0 Å². The van der Waals surface area contributed by atoms with Crippen LogP contribution in [0.5, 0.6) is 0 Å². The molecule has 0 aliphatic heterocycles. The number of nitrogens with zero attached hydrogens (tertiary/aromatic N) is 4. The van der Waals surface area contributed by atoms with Crippen LogP contribution in [0.15, 0.2) is 30.5 Å².